The summed E-state index contributed by atoms with van der Waals surface area (Å²) in [5, 5.41) is 0. The van der Waals surface area contributed by atoms with E-state index in [0.29, 0.717) is 6.29 Å². The summed E-state index contributed by atoms with van der Waals surface area (Å²) >= 11 is 0. The smallest absolute Gasteiger partial charge is 0.338 e. The second-order valence-corrected chi connectivity index (χ2v) is 12.0. The lowest BCUT2D eigenvalue weighted by molar-refractivity contribution is -0.138. The molecule has 3 atom stereocenters. The fraction of sp³-hybridized carbons (Fsp3) is 0.111. The summed E-state index contributed by atoms with van der Waals surface area (Å²) in [7, 11) is 0. The minimum Gasteiger partial charge on any atom is -0.452 e. The number of carbonyl (C=O) groups excluding carboxylic acids is 4. The zero-order valence-corrected chi connectivity index (χ0v) is 28.6. The van der Waals surface area contributed by atoms with Crippen molar-refractivity contribution in [3.63, 3.8) is 0 Å². The fourth-order valence-corrected chi connectivity index (χ4v) is 6.01. The van der Waals surface area contributed by atoms with Gasteiger partial charge in [0.15, 0.2) is 24.6 Å². The highest BCUT2D eigenvalue weighted by atomic mass is 16.6. The third-order valence-corrected chi connectivity index (χ3v) is 8.60. The van der Waals surface area contributed by atoms with E-state index in [4.69, 9.17) is 18.9 Å². The molecule has 0 spiro atoms. The van der Waals surface area contributed by atoms with Crippen LogP contribution in [0, 0.1) is 0 Å². The lowest BCUT2D eigenvalue weighted by Crippen LogP contribution is -2.50. The first kappa shape index (κ1) is 36.2. The lowest BCUT2D eigenvalue weighted by atomic mass is 9.80. The summed E-state index contributed by atoms with van der Waals surface area (Å²) in [6.45, 7) is -0.419. The molecule has 0 saturated carbocycles. The number of rotatable bonds is 15. The van der Waals surface area contributed by atoms with Crippen LogP contribution in [0.1, 0.15) is 47.8 Å². The molecule has 0 amide bonds. The molecule has 0 radical (unpaired) electrons. The van der Waals surface area contributed by atoms with Crippen LogP contribution < -0.4 is 0 Å². The van der Waals surface area contributed by atoms with Crippen molar-refractivity contribution in [2.24, 2.45) is 0 Å². The zero-order valence-electron chi connectivity index (χ0n) is 28.6. The Morgan fingerprint density at radius 3 is 1.13 bits per heavy atom. The van der Waals surface area contributed by atoms with E-state index in [2.05, 4.69) is 0 Å². The fourth-order valence-electron chi connectivity index (χ4n) is 6.01. The monoisotopic (exact) mass is 704 g/mol. The van der Waals surface area contributed by atoms with Gasteiger partial charge in [0.1, 0.15) is 5.60 Å². The molecule has 0 fully saturated rings. The number of hydrogen-bond donors (Lipinski definition) is 0. The van der Waals surface area contributed by atoms with Gasteiger partial charge in [-0.05, 0) is 53.1 Å². The van der Waals surface area contributed by atoms with Crippen LogP contribution in [-0.2, 0) is 29.3 Å². The summed E-state index contributed by atoms with van der Waals surface area (Å²) in [5.41, 5.74) is 1.51. The molecule has 8 nitrogen and oxygen atoms in total. The van der Waals surface area contributed by atoms with E-state index in [9.17, 15) is 19.2 Å². The number of aldehydes is 1. The molecule has 6 aromatic carbocycles. The number of hydrogen-bond acceptors (Lipinski definition) is 8. The first-order chi connectivity index (χ1) is 26.0. The molecule has 0 aromatic heterocycles. The van der Waals surface area contributed by atoms with Crippen LogP contribution in [0.5, 0.6) is 0 Å². The molecular formula is C45H36O8. The summed E-state index contributed by atoms with van der Waals surface area (Å²) in [4.78, 5) is 53.7. The standard InChI is InChI=1S/C45H36O8/c46-31-39(51-42(47)33-19-7-1-8-20-33)41(53-44(49)35-23-11-3-12-24-35)40(52-43(48)34-21-9-2-10-22-34)32-50-45(36-25-13-4-14-26-36,37-27-15-5-16-28-37)38-29-17-6-18-30-38/h1-31,39-41H,32H2/t39-,40-,41-/m1/s1. The Balaban J connectivity index is 1.47. The molecular weight excluding hydrogens is 668 g/mol. The minimum atomic E-state index is -1.72. The van der Waals surface area contributed by atoms with Crippen molar-refractivity contribution in [1.82, 2.24) is 0 Å². The summed E-state index contributed by atoms with van der Waals surface area (Å²) in [6.07, 6.45) is -4.50. The lowest BCUT2D eigenvalue weighted by Gasteiger charge is -2.38. The molecule has 0 saturated heterocycles. The normalized spacial score (nSPS) is 12.8. The Morgan fingerprint density at radius 2 is 0.774 bits per heavy atom. The Morgan fingerprint density at radius 1 is 0.453 bits per heavy atom. The van der Waals surface area contributed by atoms with Crippen molar-refractivity contribution in [1.29, 1.82) is 0 Å². The van der Waals surface area contributed by atoms with Gasteiger partial charge in [0.25, 0.3) is 0 Å². The summed E-state index contributed by atoms with van der Waals surface area (Å²) < 4.78 is 24.8. The highest BCUT2D eigenvalue weighted by Gasteiger charge is 2.43. The third-order valence-electron chi connectivity index (χ3n) is 8.60. The van der Waals surface area contributed by atoms with Crippen LogP contribution in [-0.4, -0.2) is 49.1 Å². The average Bonchev–Trinajstić information content (AvgIpc) is 3.23. The molecule has 0 aliphatic heterocycles. The Labute approximate surface area is 307 Å². The molecule has 264 valence electrons. The molecule has 0 aliphatic rings. The van der Waals surface area contributed by atoms with Gasteiger partial charge >= 0.3 is 17.9 Å². The number of carbonyl (C=O) groups is 4. The Bertz CT molecular complexity index is 1980. The maximum Gasteiger partial charge on any atom is 0.338 e. The second-order valence-electron chi connectivity index (χ2n) is 12.0. The van der Waals surface area contributed by atoms with E-state index in [1.807, 2.05) is 91.0 Å². The molecule has 8 heteroatoms. The first-order valence-electron chi connectivity index (χ1n) is 17.0. The van der Waals surface area contributed by atoms with E-state index >= 15 is 0 Å². The topological polar surface area (TPSA) is 105 Å². The zero-order chi connectivity index (χ0) is 36.9. The molecule has 6 rings (SSSR count). The number of ether oxygens (including phenoxy) is 4. The molecule has 0 N–H and O–H groups in total. The molecule has 53 heavy (non-hydrogen) atoms. The van der Waals surface area contributed by atoms with Gasteiger partial charge in [-0.25, -0.2) is 14.4 Å². The van der Waals surface area contributed by atoms with E-state index < -0.39 is 48.4 Å². The van der Waals surface area contributed by atoms with Gasteiger partial charge in [-0.2, -0.15) is 0 Å². The van der Waals surface area contributed by atoms with Crippen molar-refractivity contribution in [3.8, 4) is 0 Å². The van der Waals surface area contributed by atoms with Crippen LogP contribution >= 0.6 is 0 Å². The molecule has 0 unspecified atom stereocenters. The molecule has 0 aliphatic carbocycles. The van der Waals surface area contributed by atoms with Crippen molar-refractivity contribution in [2.75, 3.05) is 6.61 Å². The SMILES string of the molecule is O=C[C@@H](OC(=O)c1ccccc1)[C@@H](OC(=O)c1ccccc1)[C@@H](COC(c1ccccc1)(c1ccccc1)c1ccccc1)OC(=O)c1ccccc1. The van der Waals surface area contributed by atoms with Crippen LogP contribution in [0.4, 0.5) is 0 Å². The highest BCUT2D eigenvalue weighted by Crippen LogP contribution is 2.41. The first-order valence-corrected chi connectivity index (χ1v) is 17.0. The molecule has 0 heterocycles. The van der Waals surface area contributed by atoms with Crippen LogP contribution in [0.25, 0.3) is 0 Å². The molecule has 6 aromatic rings. The quantitative estimate of drug-likeness (QED) is 0.0461. The second kappa shape index (κ2) is 17.5. The highest BCUT2D eigenvalue weighted by molar-refractivity contribution is 5.92. The van der Waals surface area contributed by atoms with Gasteiger partial charge in [0.2, 0.25) is 0 Å². The van der Waals surface area contributed by atoms with Gasteiger partial charge in [-0.3, -0.25) is 4.79 Å². The average molecular weight is 705 g/mol. The van der Waals surface area contributed by atoms with Crippen LogP contribution in [0.2, 0.25) is 0 Å². The van der Waals surface area contributed by atoms with Crippen LogP contribution in [0.3, 0.4) is 0 Å². The van der Waals surface area contributed by atoms with Crippen molar-refractivity contribution in [2.45, 2.75) is 23.9 Å². The van der Waals surface area contributed by atoms with E-state index in [1.165, 1.54) is 24.3 Å². The van der Waals surface area contributed by atoms with Gasteiger partial charge < -0.3 is 18.9 Å². The maximum absolute atomic E-state index is 13.8. The predicted octanol–water partition coefficient (Wildman–Crippen LogP) is 7.87. The number of benzene rings is 6. The van der Waals surface area contributed by atoms with Crippen molar-refractivity contribution in [3.05, 3.63) is 215 Å². The van der Waals surface area contributed by atoms with E-state index in [-0.39, 0.29) is 16.7 Å². The third kappa shape index (κ3) is 8.64. The van der Waals surface area contributed by atoms with E-state index in [1.54, 1.807) is 66.7 Å². The summed E-state index contributed by atoms with van der Waals surface area (Å²) in [5.74, 6) is -2.45. The van der Waals surface area contributed by atoms with Crippen LogP contribution in [0.15, 0.2) is 182 Å². The van der Waals surface area contributed by atoms with E-state index in [0.717, 1.165) is 16.7 Å². The van der Waals surface area contributed by atoms with Gasteiger partial charge in [0.05, 0.1) is 23.3 Å². The Kier molecular flexibility index (Phi) is 12.0. The molecule has 0 bridgehead atoms. The van der Waals surface area contributed by atoms with Gasteiger partial charge in [-0.1, -0.05) is 146 Å². The van der Waals surface area contributed by atoms with Crippen molar-refractivity contribution >= 4 is 24.2 Å². The summed E-state index contributed by atoms with van der Waals surface area (Å²) in [6, 6.07) is 53.0. The largest absolute Gasteiger partial charge is 0.452 e. The van der Waals surface area contributed by atoms with Gasteiger partial charge in [-0.15, -0.1) is 0 Å². The maximum atomic E-state index is 13.8. The minimum absolute atomic E-state index is 0.165. The number of esters is 3. The Hall–Kier alpha value is -6.64. The van der Waals surface area contributed by atoms with Gasteiger partial charge in [0, 0.05) is 0 Å². The predicted molar refractivity (Wildman–Crippen MR) is 198 cm³/mol. The van der Waals surface area contributed by atoms with Crippen molar-refractivity contribution < 1.29 is 38.1 Å².